The maximum absolute atomic E-state index is 12.1. The molecule has 5 heteroatoms. The number of nitrogens with one attached hydrogen (secondary N) is 1. The summed E-state index contributed by atoms with van der Waals surface area (Å²) in [5.41, 5.74) is 2.31. The van der Waals surface area contributed by atoms with E-state index in [2.05, 4.69) is 30.8 Å². The van der Waals surface area contributed by atoms with Crippen LogP contribution in [-0.4, -0.2) is 24.1 Å². The Morgan fingerprint density at radius 3 is 2.31 bits per heavy atom. The molecule has 2 aromatic carbocycles. The topological polar surface area (TPSA) is 75.6 Å². The molecule has 2 aromatic rings. The summed E-state index contributed by atoms with van der Waals surface area (Å²) in [6.07, 6.45) is 3.05. The van der Waals surface area contributed by atoms with Crippen molar-refractivity contribution in [3.05, 3.63) is 65.2 Å². The van der Waals surface area contributed by atoms with Gasteiger partial charge >= 0.3 is 5.97 Å². The minimum absolute atomic E-state index is 0.00736. The van der Waals surface area contributed by atoms with Crippen molar-refractivity contribution in [2.24, 2.45) is 0 Å². The summed E-state index contributed by atoms with van der Waals surface area (Å²) in [5.74, 6) is -1.41. The number of ether oxygens (including phenoxy) is 1. The van der Waals surface area contributed by atoms with E-state index in [9.17, 15) is 14.7 Å². The fourth-order valence-electron chi connectivity index (χ4n) is 2.36. The van der Waals surface area contributed by atoms with Gasteiger partial charge < -0.3 is 15.2 Å². The van der Waals surface area contributed by atoms with Crippen molar-refractivity contribution < 1.29 is 19.4 Å². The lowest BCUT2D eigenvalue weighted by Gasteiger charge is -2.18. The average Bonchev–Trinajstić information content (AvgIpc) is 2.60. The molecule has 0 heterocycles. The number of carbonyl (C=O) groups is 2. The zero-order valence-electron chi connectivity index (χ0n) is 15.4. The summed E-state index contributed by atoms with van der Waals surface area (Å²) in [5, 5.41) is 12.6. The van der Waals surface area contributed by atoms with E-state index in [4.69, 9.17) is 0 Å². The van der Waals surface area contributed by atoms with Crippen molar-refractivity contribution in [3.63, 3.8) is 0 Å². The van der Waals surface area contributed by atoms with Gasteiger partial charge in [0.1, 0.15) is 5.56 Å². The van der Waals surface area contributed by atoms with Crippen LogP contribution in [0.5, 0.6) is 5.75 Å². The van der Waals surface area contributed by atoms with E-state index in [1.807, 2.05) is 24.3 Å². The lowest BCUT2D eigenvalue weighted by atomic mass is 9.87. The van der Waals surface area contributed by atoms with E-state index in [0.717, 1.165) is 5.56 Å². The molecule has 0 atom stereocenters. The van der Waals surface area contributed by atoms with Crippen LogP contribution in [0, 0.1) is 0 Å². The van der Waals surface area contributed by atoms with Crippen molar-refractivity contribution in [1.82, 2.24) is 0 Å². The Bertz CT molecular complexity index is 830. The molecule has 0 fully saturated rings. The number of phenols is 1. The molecule has 0 aromatic heterocycles. The Morgan fingerprint density at radius 2 is 1.73 bits per heavy atom. The average molecular weight is 353 g/mol. The van der Waals surface area contributed by atoms with Crippen LogP contribution in [-0.2, 0) is 14.9 Å². The molecule has 0 aliphatic heterocycles. The van der Waals surface area contributed by atoms with Crippen LogP contribution in [0.3, 0.4) is 0 Å². The van der Waals surface area contributed by atoms with E-state index in [1.165, 1.54) is 30.9 Å². The Balaban J connectivity index is 2.09. The van der Waals surface area contributed by atoms with Crippen LogP contribution in [0.2, 0.25) is 0 Å². The van der Waals surface area contributed by atoms with Crippen molar-refractivity contribution in [2.45, 2.75) is 26.2 Å². The number of hydrogen-bond donors (Lipinski definition) is 2. The number of hydrogen-bond acceptors (Lipinski definition) is 4. The van der Waals surface area contributed by atoms with Crippen molar-refractivity contribution >= 4 is 23.6 Å². The normalized spacial score (nSPS) is 11.4. The van der Waals surface area contributed by atoms with Gasteiger partial charge in [0.05, 0.1) is 12.8 Å². The lowest BCUT2D eigenvalue weighted by molar-refractivity contribution is -0.111. The molecule has 26 heavy (non-hydrogen) atoms. The molecule has 2 N–H and O–H groups in total. The number of methoxy groups -OCH3 is 1. The van der Waals surface area contributed by atoms with E-state index in [-0.39, 0.29) is 22.4 Å². The van der Waals surface area contributed by atoms with E-state index >= 15 is 0 Å². The molecule has 1 amide bonds. The Kier molecular flexibility index (Phi) is 5.82. The van der Waals surface area contributed by atoms with Gasteiger partial charge in [-0.25, -0.2) is 4.79 Å². The number of amides is 1. The number of para-hydroxylation sites is 1. The first-order chi connectivity index (χ1) is 12.2. The molecule has 2 rings (SSSR count). The highest BCUT2D eigenvalue weighted by atomic mass is 16.5. The molecule has 0 saturated carbocycles. The minimum atomic E-state index is -0.673. The predicted molar refractivity (Wildman–Crippen MR) is 102 cm³/mol. The van der Waals surface area contributed by atoms with Gasteiger partial charge in [0.15, 0.2) is 5.75 Å². The first-order valence-corrected chi connectivity index (χ1v) is 8.22. The highest BCUT2D eigenvalue weighted by Crippen LogP contribution is 2.28. The summed E-state index contributed by atoms with van der Waals surface area (Å²) < 4.78 is 4.59. The van der Waals surface area contributed by atoms with Crippen LogP contribution in [0.4, 0.5) is 5.69 Å². The highest BCUT2D eigenvalue weighted by Gasteiger charge is 2.15. The smallest absolute Gasteiger partial charge is 0.341 e. The molecule has 0 unspecified atom stereocenters. The van der Waals surface area contributed by atoms with Gasteiger partial charge in [-0.1, -0.05) is 51.1 Å². The molecule has 0 saturated heterocycles. The molecule has 136 valence electrons. The van der Waals surface area contributed by atoms with Crippen LogP contribution in [0.15, 0.2) is 48.5 Å². The second kappa shape index (κ2) is 7.87. The number of rotatable bonds is 4. The zero-order valence-corrected chi connectivity index (χ0v) is 15.4. The van der Waals surface area contributed by atoms with Crippen LogP contribution in [0.25, 0.3) is 6.08 Å². The summed E-state index contributed by atoms with van der Waals surface area (Å²) in [7, 11) is 1.22. The first kappa shape index (κ1) is 19.2. The number of benzene rings is 2. The lowest BCUT2D eigenvalue weighted by Crippen LogP contribution is -2.10. The first-order valence-electron chi connectivity index (χ1n) is 8.22. The second-order valence-electron chi connectivity index (χ2n) is 6.89. The van der Waals surface area contributed by atoms with Crippen LogP contribution < -0.4 is 5.32 Å². The maximum Gasteiger partial charge on any atom is 0.341 e. The quantitative estimate of drug-likeness (QED) is 0.492. The third-order valence-corrected chi connectivity index (χ3v) is 3.90. The van der Waals surface area contributed by atoms with Gasteiger partial charge in [-0.3, -0.25) is 4.79 Å². The van der Waals surface area contributed by atoms with Crippen LogP contribution >= 0.6 is 0 Å². The molecular weight excluding hydrogens is 330 g/mol. The summed E-state index contributed by atoms with van der Waals surface area (Å²) in [4.78, 5) is 23.7. The Labute approximate surface area is 153 Å². The van der Waals surface area contributed by atoms with Gasteiger partial charge in [-0.2, -0.15) is 0 Å². The molecule has 0 aliphatic carbocycles. The van der Waals surface area contributed by atoms with Crippen molar-refractivity contribution in [2.75, 3.05) is 12.4 Å². The molecule has 0 aliphatic rings. The fourth-order valence-corrected chi connectivity index (χ4v) is 2.36. The monoisotopic (exact) mass is 353 g/mol. The largest absolute Gasteiger partial charge is 0.505 e. The molecule has 0 bridgehead atoms. The fraction of sp³-hybridized carbons (Fsp3) is 0.238. The Hall–Kier alpha value is -3.08. The van der Waals surface area contributed by atoms with E-state index in [0.29, 0.717) is 0 Å². The van der Waals surface area contributed by atoms with Gasteiger partial charge in [0.25, 0.3) is 0 Å². The van der Waals surface area contributed by atoms with Gasteiger partial charge in [-0.05, 0) is 34.8 Å². The standard InChI is InChI=1S/C21H23NO4/c1-21(2,3)15-11-8-14(9-12-15)10-13-18(23)22-17-7-5-6-16(19(17)24)20(25)26-4/h5-13,24H,1-4H3,(H,22,23)/b13-10+. The number of esters is 1. The summed E-state index contributed by atoms with van der Waals surface area (Å²) >= 11 is 0. The van der Waals surface area contributed by atoms with Gasteiger partial charge in [-0.15, -0.1) is 0 Å². The summed E-state index contributed by atoms with van der Waals surface area (Å²) in [6, 6.07) is 12.4. The van der Waals surface area contributed by atoms with Crippen LogP contribution in [0.1, 0.15) is 42.3 Å². The highest BCUT2D eigenvalue weighted by molar-refractivity contribution is 6.04. The van der Waals surface area contributed by atoms with Gasteiger partial charge in [0.2, 0.25) is 5.91 Å². The Morgan fingerprint density at radius 1 is 1.08 bits per heavy atom. The third kappa shape index (κ3) is 4.72. The van der Waals surface area contributed by atoms with Crippen molar-refractivity contribution in [3.8, 4) is 5.75 Å². The molecular formula is C21H23NO4. The zero-order chi connectivity index (χ0) is 19.3. The summed E-state index contributed by atoms with van der Waals surface area (Å²) in [6.45, 7) is 6.42. The SMILES string of the molecule is COC(=O)c1cccc(NC(=O)/C=C/c2ccc(C(C)(C)C)cc2)c1O. The molecule has 5 nitrogen and oxygen atoms in total. The van der Waals surface area contributed by atoms with E-state index in [1.54, 1.807) is 12.1 Å². The van der Waals surface area contributed by atoms with Crippen molar-refractivity contribution in [1.29, 1.82) is 0 Å². The maximum atomic E-state index is 12.1. The number of carbonyl (C=O) groups excluding carboxylic acids is 2. The molecule has 0 radical (unpaired) electrons. The van der Waals surface area contributed by atoms with E-state index < -0.39 is 11.9 Å². The second-order valence-corrected chi connectivity index (χ2v) is 6.89. The number of anilines is 1. The number of phenolic OH excluding ortho intramolecular Hbond substituents is 1. The number of aromatic hydroxyl groups is 1. The van der Waals surface area contributed by atoms with Gasteiger partial charge in [0, 0.05) is 6.08 Å². The minimum Gasteiger partial charge on any atom is -0.505 e. The third-order valence-electron chi connectivity index (χ3n) is 3.90. The predicted octanol–water partition coefficient (Wildman–Crippen LogP) is 4.13. The molecule has 0 spiro atoms.